The van der Waals surface area contributed by atoms with Crippen molar-refractivity contribution in [2.75, 3.05) is 34.8 Å². The molecule has 15 heteroatoms. The van der Waals surface area contributed by atoms with E-state index >= 15 is 0 Å². The minimum atomic E-state index is -1.25. The molecular formula is C25H20Cl2N8O5. The van der Waals surface area contributed by atoms with Crippen LogP contribution >= 0.6 is 23.2 Å². The Hall–Kier alpha value is -5.01. The summed E-state index contributed by atoms with van der Waals surface area (Å²) >= 11 is 12.5. The van der Waals surface area contributed by atoms with Gasteiger partial charge in [-0.3, -0.25) is 14.9 Å². The van der Waals surface area contributed by atoms with E-state index < -0.39 is 16.8 Å². The Labute approximate surface area is 236 Å². The molecule has 2 aromatic heterocycles. The molecule has 4 aromatic rings. The number of pyridine rings is 1. The van der Waals surface area contributed by atoms with Crippen LogP contribution in [0.15, 0.2) is 60.8 Å². The molecule has 204 valence electrons. The van der Waals surface area contributed by atoms with Crippen molar-refractivity contribution in [3.8, 4) is 11.3 Å². The molecule has 0 atom stereocenters. The lowest BCUT2D eigenvalue weighted by molar-refractivity contribution is -0.384. The number of nitrogens with two attached hydrogens (primary N) is 1. The summed E-state index contributed by atoms with van der Waals surface area (Å²) in [6.45, 7) is 0.638. The topological polar surface area (TPSA) is 198 Å². The number of nitrogens with zero attached hydrogens (tertiary/aromatic N) is 4. The van der Waals surface area contributed by atoms with Crippen LogP contribution in [-0.4, -0.2) is 49.9 Å². The van der Waals surface area contributed by atoms with Gasteiger partial charge in [-0.15, -0.1) is 0 Å². The second kappa shape index (κ2) is 12.2. The van der Waals surface area contributed by atoms with E-state index in [-0.39, 0.29) is 45.0 Å². The van der Waals surface area contributed by atoms with Crippen LogP contribution in [0.1, 0.15) is 20.7 Å². The maximum absolute atomic E-state index is 13.0. The normalized spacial score (nSPS) is 10.6. The molecule has 0 spiro atoms. The van der Waals surface area contributed by atoms with E-state index in [2.05, 4.69) is 30.9 Å². The second-order valence-electron chi connectivity index (χ2n) is 8.10. The summed E-state index contributed by atoms with van der Waals surface area (Å²) in [4.78, 5) is 47.6. The lowest BCUT2D eigenvalue weighted by Crippen LogP contribution is -2.19. The van der Waals surface area contributed by atoms with Crippen LogP contribution in [0.3, 0.4) is 0 Å². The first-order valence-corrected chi connectivity index (χ1v) is 12.2. The van der Waals surface area contributed by atoms with E-state index in [0.29, 0.717) is 29.5 Å². The molecule has 0 bridgehead atoms. The van der Waals surface area contributed by atoms with Gasteiger partial charge in [0.05, 0.1) is 33.0 Å². The fourth-order valence-electron chi connectivity index (χ4n) is 3.59. The highest BCUT2D eigenvalue weighted by Crippen LogP contribution is 2.34. The van der Waals surface area contributed by atoms with Crippen LogP contribution in [0.5, 0.6) is 0 Å². The third kappa shape index (κ3) is 6.51. The number of nitrogens with one attached hydrogen (secondary N) is 3. The first kappa shape index (κ1) is 28.0. The molecule has 0 fully saturated rings. The van der Waals surface area contributed by atoms with Gasteiger partial charge < -0.3 is 26.8 Å². The molecule has 0 aliphatic carbocycles. The van der Waals surface area contributed by atoms with Crippen molar-refractivity contribution < 1.29 is 19.6 Å². The van der Waals surface area contributed by atoms with E-state index in [9.17, 15) is 24.8 Å². The van der Waals surface area contributed by atoms with Crippen LogP contribution in [0.4, 0.5) is 29.0 Å². The highest BCUT2D eigenvalue weighted by molar-refractivity contribution is 6.36. The van der Waals surface area contributed by atoms with Crippen molar-refractivity contribution in [3.05, 3.63) is 92.1 Å². The minimum absolute atomic E-state index is 0.0445. The Balaban J connectivity index is 1.54. The molecule has 0 radical (unpaired) electrons. The molecule has 0 saturated heterocycles. The van der Waals surface area contributed by atoms with Gasteiger partial charge in [0.1, 0.15) is 11.5 Å². The second-order valence-corrected chi connectivity index (χ2v) is 8.94. The SMILES string of the molecule is Nc1nc(NCCNc2ncc(NC(=O)c3ccccc3C(=O)O)c(-c3ccc(Cl)cc3Cl)n2)ccc1[N+](=O)[O-]. The number of hydrogen-bond acceptors (Lipinski definition) is 10. The standard InChI is InChI=1S/C25H20Cl2N8O5/c26-13-5-6-16(17(27)11-13)21-18(32-23(36)14-3-1-2-4-15(14)24(37)38)12-31-25(34-21)30-10-9-29-20-8-7-19(35(39)40)22(28)33-20/h1-8,11-12H,9-10H2,(H,32,36)(H,37,38)(H3,28,29,33)(H,30,31,34). The van der Waals surface area contributed by atoms with Crippen molar-refractivity contribution in [2.45, 2.75) is 0 Å². The fourth-order valence-corrected chi connectivity index (χ4v) is 4.09. The molecule has 13 nitrogen and oxygen atoms in total. The molecule has 0 unspecified atom stereocenters. The average molecular weight is 583 g/mol. The predicted octanol–water partition coefficient (Wildman–Crippen LogP) is 4.81. The molecule has 4 rings (SSSR count). The Kier molecular flexibility index (Phi) is 8.57. The summed E-state index contributed by atoms with van der Waals surface area (Å²) in [7, 11) is 0. The van der Waals surface area contributed by atoms with E-state index in [1.165, 1.54) is 42.6 Å². The Morgan fingerprint density at radius 2 is 1.73 bits per heavy atom. The van der Waals surface area contributed by atoms with Crippen LogP contribution in [0.2, 0.25) is 10.0 Å². The van der Waals surface area contributed by atoms with Gasteiger partial charge in [-0.2, -0.15) is 0 Å². The molecule has 0 aliphatic heterocycles. The minimum Gasteiger partial charge on any atom is -0.478 e. The first-order chi connectivity index (χ1) is 19.1. The van der Waals surface area contributed by atoms with Gasteiger partial charge in [0, 0.05) is 29.7 Å². The van der Waals surface area contributed by atoms with E-state index in [1.807, 2.05) is 0 Å². The van der Waals surface area contributed by atoms with Gasteiger partial charge in [0.15, 0.2) is 0 Å². The lowest BCUT2D eigenvalue weighted by atomic mass is 10.1. The molecule has 2 aromatic carbocycles. The van der Waals surface area contributed by atoms with E-state index in [4.69, 9.17) is 28.9 Å². The number of hydrogen-bond donors (Lipinski definition) is 5. The summed E-state index contributed by atoms with van der Waals surface area (Å²) in [6, 6.07) is 13.2. The number of carboxylic acid groups (broad SMARTS) is 1. The van der Waals surface area contributed by atoms with Gasteiger partial charge in [-0.25, -0.2) is 19.7 Å². The lowest BCUT2D eigenvalue weighted by Gasteiger charge is -2.14. The molecular weight excluding hydrogens is 563 g/mol. The number of nitro groups is 1. The summed E-state index contributed by atoms with van der Waals surface area (Å²) in [5.74, 6) is -1.59. The molecule has 1 amide bonds. The first-order valence-electron chi connectivity index (χ1n) is 11.5. The van der Waals surface area contributed by atoms with Crippen molar-refractivity contribution >= 4 is 64.0 Å². The Morgan fingerprint density at radius 3 is 2.40 bits per heavy atom. The van der Waals surface area contributed by atoms with Gasteiger partial charge in [0.25, 0.3) is 5.91 Å². The highest BCUT2D eigenvalue weighted by Gasteiger charge is 2.20. The largest absolute Gasteiger partial charge is 0.478 e. The maximum atomic E-state index is 13.0. The fraction of sp³-hybridized carbons (Fsp3) is 0.0800. The summed E-state index contributed by atoms with van der Waals surface area (Å²) in [5.41, 5.74) is 6.01. The maximum Gasteiger partial charge on any atom is 0.336 e. The van der Waals surface area contributed by atoms with Crippen LogP contribution in [-0.2, 0) is 0 Å². The van der Waals surface area contributed by atoms with Gasteiger partial charge in [-0.1, -0.05) is 35.3 Å². The number of nitrogen functional groups attached to an aromatic ring is 1. The number of benzene rings is 2. The molecule has 2 heterocycles. The van der Waals surface area contributed by atoms with Crippen LogP contribution in [0.25, 0.3) is 11.3 Å². The van der Waals surface area contributed by atoms with Crippen molar-refractivity contribution in [3.63, 3.8) is 0 Å². The number of carboxylic acids is 1. The highest BCUT2D eigenvalue weighted by atomic mass is 35.5. The predicted molar refractivity (Wildman–Crippen MR) is 151 cm³/mol. The monoisotopic (exact) mass is 582 g/mol. The van der Waals surface area contributed by atoms with E-state index in [0.717, 1.165) is 0 Å². The third-order valence-electron chi connectivity index (χ3n) is 5.44. The van der Waals surface area contributed by atoms with Crippen molar-refractivity contribution in [1.29, 1.82) is 0 Å². The van der Waals surface area contributed by atoms with Gasteiger partial charge in [0.2, 0.25) is 11.8 Å². The number of aromatic carboxylic acids is 1. The van der Waals surface area contributed by atoms with E-state index in [1.54, 1.807) is 18.2 Å². The van der Waals surface area contributed by atoms with Crippen LogP contribution < -0.4 is 21.7 Å². The Bertz CT molecular complexity index is 1620. The smallest absolute Gasteiger partial charge is 0.336 e. The quantitative estimate of drug-likeness (QED) is 0.0975. The molecule has 40 heavy (non-hydrogen) atoms. The van der Waals surface area contributed by atoms with Crippen molar-refractivity contribution in [1.82, 2.24) is 15.0 Å². The molecule has 0 aliphatic rings. The Morgan fingerprint density at radius 1 is 1.00 bits per heavy atom. The number of halogens is 2. The average Bonchev–Trinajstić information content (AvgIpc) is 2.91. The zero-order valence-corrected chi connectivity index (χ0v) is 21.9. The molecule has 6 N–H and O–H groups in total. The van der Waals surface area contributed by atoms with Gasteiger partial charge >= 0.3 is 11.7 Å². The number of carbonyl (C=O) groups is 2. The van der Waals surface area contributed by atoms with Crippen LogP contribution in [0, 0.1) is 10.1 Å². The number of amides is 1. The zero-order valence-electron chi connectivity index (χ0n) is 20.4. The summed E-state index contributed by atoms with van der Waals surface area (Å²) < 4.78 is 0. The number of rotatable bonds is 10. The number of aromatic nitrogens is 3. The summed E-state index contributed by atoms with van der Waals surface area (Å²) in [5, 5.41) is 29.7. The zero-order chi connectivity index (χ0) is 28.8. The van der Waals surface area contributed by atoms with Gasteiger partial charge in [-0.05, 0) is 36.4 Å². The molecule has 0 saturated carbocycles. The third-order valence-corrected chi connectivity index (χ3v) is 5.99. The number of anilines is 4. The summed E-state index contributed by atoms with van der Waals surface area (Å²) in [6.07, 6.45) is 1.36. The van der Waals surface area contributed by atoms with Crippen molar-refractivity contribution in [2.24, 2.45) is 0 Å². The number of carbonyl (C=O) groups excluding carboxylic acids is 1.